The number of anilines is 2. The molecule has 0 saturated heterocycles. The number of nitrogen functional groups attached to an aromatic ring is 1. The van der Waals surface area contributed by atoms with Crippen molar-refractivity contribution in [3.8, 4) is 0 Å². The van der Waals surface area contributed by atoms with Crippen LogP contribution in [-0.2, 0) is 13.6 Å². The lowest BCUT2D eigenvalue weighted by molar-refractivity contribution is 0.778. The number of hydrogen-bond acceptors (Lipinski definition) is 5. The molecule has 96 valence electrons. The molecule has 0 unspecified atom stereocenters. The van der Waals surface area contributed by atoms with Gasteiger partial charge in [-0.15, -0.1) is 5.10 Å². The summed E-state index contributed by atoms with van der Waals surface area (Å²) < 4.78 is 1.64. The molecule has 0 atom stereocenters. The molecule has 6 nitrogen and oxygen atoms in total. The first-order valence-corrected chi connectivity index (χ1v) is 5.96. The number of aryl methyl sites for hydroxylation is 1. The van der Waals surface area contributed by atoms with Gasteiger partial charge in [0.25, 0.3) is 0 Å². The lowest BCUT2D eigenvalue weighted by atomic mass is 10.2. The standard InChI is InChI=1S/C13H14N6/c1-19-12(14)10(8-17-19)6-15-13-11-5-3-2-4-9(11)7-16-18-13/h2-5,7-8H,6,14H2,1H3,(H,15,18). The minimum atomic E-state index is 0.572. The van der Waals surface area contributed by atoms with Gasteiger partial charge in [0, 0.05) is 29.9 Å². The first-order valence-electron chi connectivity index (χ1n) is 5.96. The van der Waals surface area contributed by atoms with E-state index < -0.39 is 0 Å². The molecule has 0 aliphatic carbocycles. The Bertz CT molecular complexity index is 713. The van der Waals surface area contributed by atoms with Crippen LogP contribution >= 0.6 is 0 Å². The van der Waals surface area contributed by atoms with Crippen LogP contribution in [0.2, 0.25) is 0 Å². The fourth-order valence-corrected chi connectivity index (χ4v) is 1.97. The summed E-state index contributed by atoms with van der Waals surface area (Å²) in [7, 11) is 1.82. The normalized spacial score (nSPS) is 10.8. The summed E-state index contributed by atoms with van der Waals surface area (Å²) in [4.78, 5) is 0. The van der Waals surface area contributed by atoms with E-state index in [2.05, 4.69) is 20.6 Å². The van der Waals surface area contributed by atoms with Gasteiger partial charge < -0.3 is 11.1 Å². The van der Waals surface area contributed by atoms with Crippen LogP contribution in [0.5, 0.6) is 0 Å². The summed E-state index contributed by atoms with van der Waals surface area (Å²) in [6, 6.07) is 7.98. The topological polar surface area (TPSA) is 81.7 Å². The summed E-state index contributed by atoms with van der Waals surface area (Å²) in [5, 5.41) is 17.6. The van der Waals surface area contributed by atoms with Crippen LogP contribution in [0.15, 0.2) is 36.7 Å². The summed E-state index contributed by atoms with van der Waals surface area (Å²) >= 11 is 0. The lowest BCUT2D eigenvalue weighted by Gasteiger charge is -2.07. The second-order valence-corrected chi connectivity index (χ2v) is 4.31. The van der Waals surface area contributed by atoms with E-state index in [1.165, 1.54) is 0 Å². The van der Waals surface area contributed by atoms with Crippen molar-refractivity contribution >= 4 is 22.4 Å². The number of hydrogen-bond donors (Lipinski definition) is 2. The zero-order valence-corrected chi connectivity index (χ0v) is 10.5. The van der Waals surface area contributed by atoms with Gasteiger partial charge >= 0.3 is 0 Å². The third kappa shape index (κ3) is 2.08. The van der Waals surface area contributed by atoms with Crippen molar-refractivity contribution < 1.29 is 0 Å². The highest BCUT2D eigenvalue weighted by Crippen LogP contribution is 2.20. The van der Waals surface area contributed by atoms with Gasteiger partial charge in [-0.05, 0) is 0 Å². The van der Waals surface area contributed by atoms with E-state index in [0.717, 1.165) is 22.2 Å². The molecule has 1 aromatic carbocycles. The molecule has 0 bridgehead atoms. The van der Waals surface area contributed by atoms with Crippen LogP contribution in [0.25, 0.3) is 10.8 Å². The van der Waals surface area contributed by atoms with Gasteiger partial charge in [-0.25, -0.2) is 0 Å². The molecule has 0 radical (unpaired) electrons. The van der Waals surface area contributed by atoms with Crippen LogP contribution in [-0.4, -0.2) is 20.0 Å². The molecule has 0 saturated carbocycles. The van der Waals surface area contributed by atoms with Crippen molar-refractivity contribution in [2.45, 2.75) is 6.54 Å². The Morgan fingerprint density at radius 2 is 2.11 bits per heavy atom. The fourth-order valence-electron chi connectivity index (χ4n) is 1.97. The maximum Gasteiger partial charge on any atom is 0.156 e. The van der Waals surface area contributed by atoms with Gasteiger partial charge in [-0.1, -0.05) is 24.3 Å². The van der Waals surface area contributed by atoms with Crippen molar-refractivity contribution in [2.24, 2.45) is 7.05 Å². The summed E-state index contributed by atoms with van der Waals surface area (Å²) in [5.41, 5.74) is 6.85. The number of benzene rings is 1. The van der Waals surface area contributed by atoms with E-state index >= 15 is 0 Å². The zero-order valence-electron chi connectivity index (χ0n) is 10.5. The van der Waals surface area contributed by atoms with E-state index in [1.807, 2.05) is 31.3 Å². The first kappa shape index (κ1) is 11.5. The van der Waals surface area contributed by atoms with Gasteiger partial charge in [0.15, 0.2) is 5.82 Å². The molecule has 0 aliphatic heterocycles. The molecule has 3 rings (SSSR count). The van der Waals surface area contributed by atoms with Gasteiger partial charge in [-0.2, -0.15) is 10.2 Å². The molecule has 6 heteroatoms. The molecule has 3 aromatic rings. The highest BCUT2D eigenvalue weighted by atomic mass is 15.3. The number of aromatic nitrogens is 4. The molecule has 2 aromatic heterocycles. The van der Waals surface area contributed by atoms with E-state index in [0.29, 0.717) is 12.4 Å². The molecule has 19 heavy (non-hydrogen) atoms. The molecule has 0 aliphatic rings. The predicted octanol–water partition coefficient (Wildman–Crippen LogP) is 1.56. The average molecular weight is 254 g/mol. The van der Waals surface area contributed by atoms with E-state index in [-0.39, 0.29) is 0 Å². The smallest absolute Gasteiger partial charge is 0.156 e. The molecule has 0 fully saturated rings. The number of fused-ring (bicyclic) bond motifs is 1. The summed E-state index contributed by atoms with van der Waals surface area (Å²) in [5.74, 6) is 1.40. The Balaban J connectivity index is 1.88. The van der Waals surface area contributed by atoms with Crippen LogP contribution in [0.1, 0.15) is 5.56 Å². The molecule has 3 N–H and O–H groups in total. The van der Waals surface area contributed by atoms with Crippen molar-refractivity contribution in [1.29, 1.82) is 0 Å². The minimum absolute atomic E-state index is 0.572. The zero-order chi connectivity index (χ0) is 13.2. The minimum Gasteiger partial charge on any atom is -0.384 e. The fraction of sp³-hybridized carbons (Fsp3) is 0.154. The van der Waals surface area contributed by atoms with Gasteiger partial charge in [-0.3, -0.25) is 4.68 Å². The van der Waals surface area contributed by atoms with Crippen molar-refractivity contribution in [1.82, 2.24) is 20.0 Å². The Hall–Kier alpha value is -2.63. The monoisotopic (exact) mass is 254 g/mol. The Morgan fingerprint density at radius 3 is 2.89 bits per heavy atom. The van der Waals surface area contributed by atoms with Crippen molar-refractivity contribution in [3.63, 3.8) is 0 Å². The lowest BCUT2D eigenvalue weighted by Crippen LogP contribution is -2.05. The van der Waals surface area contributed by atoms with E-state index in [1.54, 1.807) is 17.1 Å². The molecular formula is C13H14N6. The Morgan fingerprint density at radius 1 is 1.26 bits per heavy atom. The number of nitrogens with zero attached hydrogens (tertiary/aromatic N) is 4. The SMILES string of the molecule is Cn1ncc(CNc2nncc3ccccc23)c1N. The van der Waals surface area contributed by atoms with Crippen molar-refractivity contribution in [2.75, 3.05) is 11.1 Å². The van der Waals surface area contributed by atoms with E-state index in [9.17, 15) is 0 Å². The number of nitrogens with two attached hydrogens (primary N) is 1. The quantitative estimate of drug-likeness (QED) is 0.741. The highest BCUT2D eigenvalue weighted by Gasteiger charge is 2.06. The third-order valence-electron chi connectivity index (χ3n) is 3.08. The maximum absolute atomic E-state index is 5.90. The average Bonchev–Trinajstić information content (AvgIpc) is 2.76. The third-order valence-corrected chi connectivity index (χ3v) is 3.08. The second-order valence-electron chi connectivity index (χ2n) is 4.31. The molecule has 2 heterocycles. The number of nitrogens with one attached hydrogen (secondary N) is 1. The van der Waals surface area contributed by atoms with Crippen LogP contribution in [0.3, 0.4) is 0 Å². The molecule has 0 amide bonds. The highest BCUT2D eigenvalue weighted by molar-refractivity contribution is 5.90. The first-order chi connectivity index (χ1) is 9.25. The summed E-state index contributed by atoms with van der Waals surface area (Å²) in [6.07, 6.45) is 3.50. The van der Waals surface area contributed by atoms with Crippen LogP contribution in [0, 0.1) is 0 Å². The molecule has 0 spiro atoms. The van der Waals surface area contributed by atoms with Crippen molar-refractivity contribution in [3.05, 3.63) is 42.2 Å². The summed E-state index contributed by atoms with van der Waals surface area (Å²) in [6.45, 7) is 0.572. The number of rotatable bonds is 3. The predicted molar refractivity (Wildman–Crippen MR) is 74.5 cm³/mol. The largest absolute Gasteiger partial charge is 0.384 e. The van der Waals surface area contributed by atoms with Gasteiger partial charge in [0.05, 0.1) is 12.4 Å². The van der Waals surface area contributed by atoms with Crippen LogP contribution < -0.4 is 11.1 Å². The maximum atomic E-state index is 5.90. The van der Waals surface area contributed by atoms with Gasteiger partial charge in [0.2, 0.25) is 0 Å². The Labute approximate surface area is 110 Å². The second kappa shape index (κ2) is 4.56. The van der Waals surface area contributed by atoms with Gasteiger partial charge in [0.1, 0.15) is 5.82 Å². The van der Waals surface area contributed by atoms with E-state index in [4.69, 9.17) is 5.73 Å². The Kier molecular flexibility index (Phi) is 2.75. The molecular weight excluding hydrogens is 240 g/mol. The van der Waals surface area contributed by atoms with Crippen LogP contribution in [0.4, 0.5) is 11.6 Å².